The van der Waals surface area contributed by atoms with E-state index in [4.69, 9.17) is 4.74 Å². The lowest BCUT2D eigenvalue weighted by atomic mass is 9.86. The zero-order valence-electron chi connectivity index (χ0n) is 11.7. The zero-order chi connectivity index (χ0) is 13.3. The van der Waals surface area contributed by atoms with Gasteiger partial charge in [0, 0.05) is 0 Å². The maximum absolute atomic E-state index is 11.6. The van der Waals surface area contributed by atoms with Crippen LogP contribution in [0.5, 0.6) is 5.75 Å². The standard InChI is InChI=1S/C16H22O2/c1-11(17)14-8-7-13(16(2,3)4)9-15(14)18-10-12-5-6-12/h7-9,12H,5-6,10H2,1-4H3. The first-order chi connectivity index (χ1) is 8.38. The summed E-state index contributed by atoms with van der Waals surface area (Å²) >= 11 is 0. The molecule has 1 saturated carbocycles. The van der Waals surface area contributed by atoms with Crippen molar-refractivity contribution in [1.29, 1.82) is 0 Å². The second kappa shape index (κ2) is 4.75. The second-order valence-corrected chi connectivity index (χ2v) is 6.27. The lowest BCUT2D eigenvalue weighted by Gasteiger charge is -2.21. The first-order valence-electron chi connectivity index (χ1n) is 6.66. The van der Waals surface area contributed by atoms with Gasteiger partial charge < -0.3 is 4.74 Å². The molecule has 18 heavy (non-hydrogen) atoms. The minimum absolute atomic E-state index is 0.0706. The average molecular weight is 246 g/mol. The Kier molecular flexibility index (Phi) is 3.47. The summed E-state index contributed by atoms with van der Waals surface area (Å²) in [5.41, 5.74) is 1.98. The van der Waals surface area contributed by atoms with Crippen molar-refractivity contribution in [2.24, 2.45) is 5.92 Å². The molecule has 1 aliphatic rings. The van der Waals surface area contributed by atoms with E-state index in [2.05, 4.69) is 20.8 Å². The molecule has 1 aromatic rings. The quantitative estimate of drug-likeness (QED) is 0.751. The van der Waals surface area contributed by atoms with E-state index in [0.29, 0.717) is 11.5 Å². The van der Waals surface area contributed by atoms with Crippen LogP contribution in [0.25, 0.3) is 0 Å². The molecule has 1 aliphatic carbocycles. The molecule has 0 radical (unpaired) electrons. The number of carbonyl (C=O) groups excluding carboxylic acids is 1. The second-order valence-electron chi connectivity index (χ2n) is 6.27. The molecule has 0 N–H and O–H groups in total. The van der Waals surface area contributed by atoms with Gasteiger partial charge in [-0.25, -0.2) is 0 Å². The summed E-state index contributed by atoms with van der Waals surface area (Å²) in [6.07, 6.45) is 2.52. The van der Waals surface area contributed by atoms with Gasteiger partial charge in [-0.1, -0.05) is 26.8 Å². The number of hydrogen-bond acceptors (Lipinski definition) is 2. The normalized spacial score (nSPS) is 15.6. The molecule has 0 amide bonds. The van der Waals surface area contributed by atoms with Crippen molar-refractivity contribution in [2.75, 3.05) is 6.61 Å². The number of Topliss-reactive ketones (excluding diaryl/α,β-unsaturated/α-hetero) is 1. The minimum atomic E-state index is 0.0706. The number of carbonyl (C=O) groups is 1. The van der Waals surface area contributed by atoms with E-state index < -0.39 is 0 Å². The lowest BCUT2D eigenvalue weighted by Crippen LogP contribution is -2.13. The van der Waals surface area contributed by atoms with Crippen LogP contribution in [0.2, 0.25) is 0 Å². The van der Waals surface area contributed by atoms with Crippen LogP contribution < -0.4 is 4.74 Å². The van der Waals surface area contributed by atoms with Gasteiger partial charge in [0.1, 0.15) is 5.75 Å². The molecule has 1 aromatic carbocycles. The van der Waals surface area contributed by atoms with E-state index in [-0.39, 0.29) is 11.2 Å². The molecule has 0 spiro atoms. The molecule has 2 rings (SSSR count). The fourth-order valence-corrected chi connectivity index (χ4v) is 1.89. The van der Waals surface area contributed by atoms with Crippen LogP contribution in [0.1, 0.15) is 56.5 Å². The zero-order valence-corrected chi connectivity index (χ0v) is 11.7. The maximum atomic E-state index is 11.6. The predicted molar refractivity (Wildman–Crippen MR) is 73.4 cm³/mol. The largest absolute Gasteiger partial charge is 0.493 e. The van der Waals surface area contributed by atoms with Crippen molar-refractivity contribution in [3.8, 4) is 5.75 Å². The Morgan fingerprint density at radius 1 is 1.33 bits per heavy atom. The Bertz CT molecular complexity index is 451. The van der Waals surface area contributed by atoms with Crippen LogP contribution in [0.15, 0.2) is 18.2 Å². The van der Waals surface area contributed by atoms with Gasteiger partial charge in [-0.15, -0.1) is 0 Å². The van der Waals surface area contributed by atoms with E-state index in [1.54, 1.807) is 6.92 Å². The van der Waals surface area contributed by atoms with Gasteiger partial charge in [0.15, 0.2) is 5.78 Å². The molecule has 0 aliphatic heterocycles. The summed E-state index contributed by atoms with van der Waals surface area (Å²) in [4.78, 5) is 11.6. The van der Waals surface area contributed by atoms with Gasteiger partial charge in [-0.05, 0) is 48.8 Å². The van der Waals surface area contributed by atoms with Crippen molar-refractivity contribution >= 4 is 5.78 Å². The summed E-state index contributed by atoms with van der Waals surface area (Å²) in [5, 5.41) is 0. The van der Waals surface area contributed by atoms with Crippen LogP contribution in [0, 0.1) is 5.92 Å². The van der Waals surface area contributed by atoms with Crippen molar-refractivity contribution in [3.05, 3.63) is 29.3 Å². The number of ether oxygens (including phenoxy) is 1. The number of ketones is 1. The maximum Gasteiger partial charge on any atom is 0.163 e. The van der Waals surface area contributed by atoms with Crippen molar-refractivity contribution in [1.82, 2.24) is 0 Å². The van der Waals surface area contributed by atoms with Crippen LogP contribution in [-0.4, -0.2) is 12.4 Å². The minimum Gasteiger partial charge on any atom is -0.493 e. The third kappa shape index (κ3) is 3.12. The highest BCUT2D eigenvalue weighted by Gasteiger charge is 2.23. The highest BCUT2D eigenvalue weighted by Crippen LogP contribution is 2.32. The van der Waals surface area contributed by atoms with Crippen molar-refractivity contribution in [2.45, 2.75) is 46.0 Å². The highest BCUT2D eigenvalue weighted by atomic mass is 16.5. The van der Waals surface area contributed by atoms with Crippen LogP contribution in [0.3, 0.4) is 0 Å². The summed E-state index contributed by atoms with van der Waals surface area (Å²) in [6.45, 7) is 8.84. The van der Waals surface area contributed by atoms with Gasteiger partial charge >= 0.3 is 0 Å². The third-order valence-electron chi connectivity index (χ3n) is 3.40. The topological polar surface area (TPSA) is 26.3 Å². The molecule has 2 nitrogen and oxygen atoms in total. The van der Waals surface area contributed by atoms with E-state index in [1.165, 1.54) is 18.4 Å². The molecule has 0 atom stereocenters. The molecule has 2 heteroatoms. The van der Waals surface area contributed by atoms with E-state index >= 15 is 0 Å². The van der Waals surface area contributed by atoms with Gasteiger partial charge in [-0.2, -0.15) is 0 Å². The van der Waals surface area contributed by atoms with Gasteiger partial charge in [0.05, 0.1) is 12.2 Å². The molecule has 1 fully saturated rings. The van der Waals surface area contributed by atoms with Crippen LogP contribution in [-0.2, 0) is 5.41 Å². The van der Waals surface area contributed by atoms with Crippen molar-refractivity contribution < 1.29 is 9.53 Å². The smallest absolute Gasteiger partial charge is 0.163 e. The Balaban J connectivity index is 2.27. The van der Waals surface area contributed by atoms with Crippen LogP contribution >= 0.6 is 0 Å². The fraction of sp³-hybridized carbons (Fsp3) is 0.562. The fourth-order valence-electron chi connectivity index (χ4n) is 1.89. The number of benzene rings is 1. The monoisotopic (exact) mass is 246 g/mol. The molecule has 0 bridgehead atoms. The average Bonchev–Trinajstić information content (AvgIpc) is 3.08. The first-order valence-corrected chi connectivity index (χ1v) is 6.66. The van der Waals surface area contributed by atoms with E-state index in [1.807, 2.05) is 18.2 Å². The Morgan fingerprint density at radius 3 is 2.50 bits per heavy atom. The molecule has 98 valence electrons. The molecular formula is C16H22O2. The predicted octanol–water partition coefficient (Wildman–Crippen LogP) is 3.98. The highest BCUT2D eigenvalue weighted by molar-refractivity contribution is 5.96. The Morgan fingerprint density at radius 2 is 2.00 bits per heavy atom. The Hall–Kier alpha value is -1.31. The molecule has 0 aromatic heterocycles. The third-order valence-corrected chi connectivity index (χ3v) is 3.40. The molecular weight excluding hydrogens is 224 g/mol. The molecule has 0 unspecified atom stereocenters. The van der Waals surface area contributed by atoms with Crippen LogP contribution in [0.4, 0.5) is 0 Å². The summed E-state index contributed by atoms with van der Waals surface area (Å²) in [5.74, 6) is 1.52. The van der Waals surface area contributed by atoms with Crippen molar-refractivity contribution in [3.63, 3.8) is 0 Å². The van der Waals surface area contributed by atoms with E-state index in [9.17, 15) is 4.79 Å². The van der Waals surface area contributed by atoms with E-state index in [0.717, 1.165) is 12.4 Å². The lowest BCUT2D eigenvalue weighted by molar-refractivity contribution is 0.101. The first kappa shape index (κ1) is 13.1. The number of rotatable bonds is 4. The van der Waals surface area contributed by atoms with Gasteiger partial charge in [0.2, 0.25) is 0 Å². The summed E-state index contributed by atoms with van der Waals surface area (Å²) < 4.78 is 5.84. The summed E-state index contributed by atoms with van der Waals surface area (Å²) in [6, 6.07) is 5.95. The Labute approximate surface area is 109 Å². The van der Waals surface area contributed by atoms with Gasteiger partial charge in [-0.3, -0.25) is 4.79 Å². The number of hydrogen-bond donors (Lipinski definition) is 0. The summed E-state index contributed by atoms with van der Waals surface area (Å²) in [7, 11) is 0. The molecule has 0 saturated heterocycles. The van der Waals surface area contributed by atoms with Gasteiger partial charge in [0.25, 0.3) is 0 Å². The SMILES string of the molecule is CC(=O)c1ccc(C(C)(C)C)cc1OCC1CC1. The molecule has 0 heterocycles.